The van der Waals surface area contributed by atoms with E-state index in [0.717, 1.165) is 42.6 Å². The summed E-state index contributed by atoms with van der Waals surface area (Å²) in [6.07, 6.45) is 7.33. The summed E-state index contributed by atoms with van der Waals surface area (Å²) in [6, 6.07) is 7.54. The number of carbonyl (C=O) groups is 2. The molecule has 6 heteroatoms. The highest BCUT2D eigenvalue weighted by atomic mass is 32.2. The molecule has 0 saturated heterocycles. The lowest BCUT2D eigenvalue weighted by Crippen LogP contribution is -2.53. The molecule has 4 aliphatic rings. The Morgan fingerprint density at radius 2 is 1.68 bits per heavy atom. The maximum absolute atomic E-state index is 13.0. The quantitative estimate of drug-likeness (QED) is 0.655. The average Bonchev–Trinajstić information content (AvgIpc) is 2.66. The Morgan fingerprint density at radius 1 is 1.06 bits per heavy atom. The number of anilines is 1. The van der Waals surface area contributed by atoms with E-state index in [-0.39, 0.29) is 28.4 Å². The molecule has 1 atom stereocenters. The van der Waals surface area contributed by atoms with Crippen LogP contribution < -0.4 is 10.6 Å². The molecule has 170 valence electrons. The van der Waals surface area contributed by atoms with Crippen LogP contribution in [0.5, 0.6) is 0 Å². The van der Waals surface area contributed by atoms with E-state index in [1.807, 2.05) is 45.0 Å². The first kappa shape index (κ1) is 22.5. The molecule has 0 heterocycles. The zero-order valence-electron chi connectivity index (χ0n) is 19.0. The third-order valence-corrected chi connectivity index (χ3v) is 9.31. The molecule has 2 amide bonds. The van der Waals surface area contributed by atoms with Crippen molar-refractivity contribution in [3.05, 3.63) is 29.8 Å². The highest BCUT2D eigenvalue weighted by Gasteiger charge is 2.54. The van der Waals surface area contributed by atoms with Gasteiger partial charge < -0.3 is 10.6 Å². The van der Waals surface area contributed by atoms with Crippen LogP contribution in [0.15, 0.2) is 24.3 Å². The third kappa shape index (κ3) is 5.21. The van der Waals surface area contributed by atoms with Gasteiger partial charge in [-0.3, -0.25) is 13.8 Å². The average molecular weight is 445 g/mol. The summed E-state index contributed by atoms with van der Waals surface area (Å²) in [5.41, 5.74) is 1.49. The fourth-order valence-electron chi connectivity index (χ4n) is 6.20. The van der Waals surface area contributed by atoms with E-state index < -0.39 is 10.8 Å². The van der Waals surface area contributed by atoms with Gasteiger partial charge in [0, 0.05) is 45.4 Å². The summed E-state index contributed by atoms with van der Waals surface area (Å²) >= 11 is 0. The Hall–Kier alpha value is -1.69. The second-order valence-corrected chi connectivity index (χ2v) is 13.3. The first-order chi connectivity index (χ1) is 14.6. The molecule has 4 aliphatic carbocycles. The lowest BCUT2D eigenvalue weighted by molar-refractivity contribution is -0.146. The highest BCUT2D eigenvalue weighted by Crippen LogP contribution is 2.60. The van der Waals surface area contributed by atoms with Crippen LogP contribution in [0.3, 0.4) is 0 Å². The number of carbonyl (C=O) groups excluding carboxylic acids is 2. The summed E-state index contributed by atoms with van der Waals surface area (Å²) in [7, 11) is -0.985. The maximum atomic E-state index is 13.0. The minimum absolute atomic E-state index is 0.111. The van der Waals surface area contributed by atoms with Gasteiger partial charge in [-0.2, -0.15) is 0 Å². The summed E-state index contributed by atoms with van der Waals surface area (Å²) in [4.78, 5) is 25.4. The summed E-state index contributed by atoms with van der Waals surface area (Å²) in [6.45, 7) is 6.27. The lowest BCUT2D eigenvalue weighted by atomic mass is 9.49. The van der Waals surface area contributed by atoms with Crippen LogP contribution in [0, 0.1) is 23.2 Å². The topological polar surface area (TPSA) is 75.3 Å². The van der Waals surface area contributed by atoms with Crippen molar-refractivity contribution in [2.75, 3.05) is 11.9 Å². The van der Waals surface area contributed by atoms with Gasteiger partial charge in [-0.05, 0) is 94.7 Å². The molecule has 0 aliphatic heterocycles. The Kier molecular flexibility index (Phi) is 6.30. The molecule has 4 saturated carbocycles. The minimum atomic E-state index is -0.985. The first-order valence-electron chi connectivity index (χ1n) is 11.7. The fourth-order valence-corrected chi connectivity index (χ4v) is 7.11. The molecular weight excluding hydrogens is 408 g/mol. The van der Waals surface area contributed by atoms with Gasteiger partial charge in [0.2, 0.25) is 11.8 Å². The molecule has 5 rings (SSSR count). The zero-order valence-corrected chi connectivity index (χ0v) is 19.9. The molecule has 1 aromatic carbocycles. The highest BCUT2D eigenvalue weighted by molar-refractivity contribution is 7.85. The molecule has 1 unspecified atom stereocenters. The van der Waals surface area contributed by atoms with Gasteiger partial charge in [-0.1, -0.05) is 12.1 Å². The normalized spacial score (nSPS) is 30.1. The molecule has 0 aromatic heterocycles. The van der Waals surface area contributed by atoms with E-state index in [4.69, 9.17) is 0 Å². The fraction of sp³-hybridized carbons (Fsp3) is 0.680. The number of hydrogen-bond donors (Lipinski definition) is 2. The van der Waals surface area contributed by atoms with E-state index in [1.165, 1.54) is 19.3 Å². The van der Waals surface area contributed by atoms with Crippen LogP contribution in [0.25, 0.3) is 0 Å². The lowest BCUT2D eigenvalue weighted by Gasteiger charge is -2.55. The zero-order chi connectivity index (χ0) is 22.2. The van der Waals surface area contributed by atoms with Crippen molar-refractivity contribution in [1.82, 2.24) is 5.32 Å². The summed E-state index contributed by atoms with van der Waals surface area (Å²) < 4.78 is 12.1. The second kappa shape index (κ2) is 8.68. The van der Waals surface area contributed by atoms with Crippen LogP contribution in [0.1, 0.15) is 71.3 Å². The molecule has 2 N–H and O–H groups in total. The van der Waals surface area contributed by atoms with Crippen molar-refractivity contribution in [2.45, 2.75) is 76.2 Å². The Morgan fingerprint density at radius 3 is 2.26 bits per heavy atom. The van der Waals surface area contributed by atoms with E-state index >= 15 is 0 Å². The van der Waals surface area contributed by atoms with E-state index in [1.54, 1.807) is 0 Å². The predicted octanol–water partition coefficient (Wildman–Crippen LogP) is 4.40. The van der Waals surface area contributed by atoms with Crippen LogP contribution in [0.2, 0.25) is 0 Å². The molecule has 4 fully saturated rings. The van der Waals surface area contributed by atoms with E-state index in [2.05, 4.69) is 10.6 Å². The standard InChI is InChI=1S/C25H36N2O3S/c1-24(2,3)31(30)16-17-5-4-6-21(12-17)27-22(28)7-8-26-23(29)25-13-18-9-19(14-25)11-20(10-18)15-25/h4-6,12,18-20H,7-11,13-16H2,1-3H3,(H,26,29)(H,27,28). The Balaban J connectivity index is 1.25. The van der Waals surface area contributed by atoms with Crippen molar-refractivity contribution >= 4 is 28.3 Å². The number of rotatable bonds is 7. The van der Waals surface area contributed by atoms with Crippen LogP contribution in [-0.4, -0.2) is 27.3 Å². The van der Waals surface area contributed by atoms with Gasteiger partial charge in [-0.25, -0.2) is 0 Å². The molecule has 5 nitrogen and oxygen atoms in total. The Labute approximate surface area is 188 Å². The van der Waals surface area contributed by atoms with Crippen molar-refractivity contribution in [1.29, 1.82) is 0 Å². The van der Waals surface area contributed by atoms with Gasteiger partial charge in [0.05, 0.1) is 0 Å². The predicted molar refractivity (Wildman–Crippen MR) is 125 cm³/mol. The van der Waals surface area contributed by atoms with Crippen LogP contribution in [-0.2, 0) is 26.1 Å². The summed E-state index contributed by atoms with van der Waals surface area (Å²) in [5.74, 6) is 2.74. The van der Waals surface area contributed by atoms with Gasteiger partial charge in [-0.15, -0.1) is 0 Å². The molecule has 0 spiro atoms. The van der Waals surface area contributed by atoms with Gasteiger partial charge in [0.1, 0.15) is 0 Å². The van der Waals surface area contributed by atoms with Crippen molar-refractivity contribution < 1.29 is 13.8 Å². The molecule has 0 radical (unpaired) electrons. The first-order valence-corrected chi connectivity index (χ1v) is 13.0. The third-order valence-electron chi connectivity index (χ3n) is 7.35. The van der Waals surface area contributed by atoms with Gasteiger partial charge in [0.25, 0.3) is 0 Å². The molecule has 1 aromatic rings. The number of nitrogens with one attached hydrogen (secondary N) is 2. The molecule has 4 bridgehead atoms. The number of amides is 2. The SMILES string of the molecule is CC(C)(C)S(=O)Cc1cccc(NC(=O)CCNC(=O)C23CC4CC(CC(C4)C2)C3)c1. The van der Waals surface area contributed by atoms with Gasteiger partial charge in [0.15, 0.2) is 0 Å². The van der Waals surface area contributed by atoms with Crippen molar-refractivity contribution in [3.63, 3.8) is 0 Å². The number of benzene rings is 1. The van der Waals surface area contributed by atoms with E-state index in [9.17, 15) is 13.8 Å². The molecule has 31 heavy (non-hydrogen) atoms. The van der Waals surface area contributed by atoms with Crippen molar-refractivity contribution in [3.8, 4) is 0 Å². The largest absolute Gasteiger partial charge is 0.355 e. The van der Waals surface area contributed by atoms with Gasteiger partial charge >= 0.3 is 0 Å². The minimum Gasteiger partial charge on any atom is -0.355 e. The maximum Gasteiger partial charge on any atom is 0.226 e. The van der Waals surface area contributed by atoms with Crippen LogP contribution in [0.4, 0.5) is 5.69 Å². The Bertz CT molecular complexity index is 838. The smallest absolute Gasteiger partial charge is 0.226 e. The number of hydrogen-bond acceptors (Lipinski definition) is 3. The van der Waals surface area contributed by atoms with Crippen LogP contribution >= 0.6 is 0 Å². The summed E-state index contributed by atoms with van der Waals surface area (Å²) in [5, 5.41) is 5.98. The van der Waals surface area contributed by atoms with E-state index in [0.29, 0.717) is 18.0 Å². The second-order valence-electron chi connectivity index (χ2n) is 11.1. The monoisotopic (exact) mass is 444 g/mol. The van der Waals surface area contributed by atoms with Crippen molar-refractivity contribution in [2.24, 2.45) is 23.2 Å². The molecular formula is C25H36N2O3S.